The van der Waals surface area contributed by atoms with E-state index in [0.29, 0.717) is 5.92 Å². The van der Waals surface area contributed by atoms with Gasteiger partial charge in [-0.2, -0.15) is 0 Å². The molecule has 27 heavy (non-hydrogen) atoms. The molecule has 0 amide bonds. The molecule has 1 fully saturated rings. The van der Waals surface area contributed by atoms with E-state index in [1.165, 1.54) is 37.7 Å². The van der Waals surface area contributed by atoms with Crippen LogP contribution in [0.15, 0.2) is 24.3 Å². The van der Waals surface area contributed by atoms with Crippen molar-refractivity contribution in [2.45, 2.75) is 115 Å². The smallest absolute Gasteiger partial charge is 0.192 e. The van der Waals surface area contributed by atoms with Crippen LogP contribution in [0.25, 0.3) is 0 Å². The molecule has 3 heteroatoms. The van der Waals surface area contributed by atoms with Crippen LogP contribution in [-0.2, 0) is 4.43 Å². The number of hydrogen-bond acceptors (Lipinski definition) is 2. The molecule has 1 saturated carbocycles. The van der Waals surface area contributed by atoms with E-state index in [0.717, 1.165) is 25.7 Å². The van der Waals surface area contributed by atoms with Gasteiger partial charge in [-0.15, -0.1) is 6.58 Å². The Morgan fingerprint density at radius 3 is 2.37 bits per heavy atom. The molecule has 3 atom stereocenters. The summed E-state index contributed by atoms with van der Waals surface area (Å²) >= 11 is 0. The van der Waals surface area contributed by atoms with Crippen molar-refractivity contribution in [1.82, 2.24) is 0 Å². The van der Waals surface area contributed by atoms with Crippen molar-refractivity contribution >= 4 is 8.32 Å². The summed E-state index contributed by atoms with van der Waals surface area (Å²) in [5.41, 5.74) is 1.39. The summed E-state index contributed by atoms with van der Waals surface area (Å²) in [4.78, 5) is 0. The van der Waals surface area contributed by atoms with Gasteiger partial charge in [-0.3, -0.25) is 0 Å². The normalized spacial score (nSPS) is 27.3. The molecule has 0 aromatic heterocycles. The number of aliphatic hydroxyl groups excluding tert-OH is 1. The van der Waals surface area contributed by atoms with Gasteiger partial charge in [0.25, 0.3) is 0 Å². The van der Waals surface area contributed by atoms with Gasteiger partial charge in [0.2, 0.25) is 0 Å². The summed E-state index contributed by atoms with van der Waals surface area (Å²) < 4.78 is 7.14. The first-order valence-corrected chi connectivity index (χ1v) is 14.1. The fraction of sp³-hybridized carbons (Fsp3) is 0.833. The van der Waals surface area contributed by atoms with Crippen LogP contribution in [0.2, 0.25) is 18.1 Å². The molecular formula is C24H44O2Si. The Bertz CT molecular complexity index is 525. The second-order valence-electron chi connectivity index (χ2n) is 10.7. The van der Waals surface area contributed by atoms with Gasteiger partial charge in [0.15, 0.2) is 8.32 Å². The van der Waals surface area contributed by atoms with E-state index >= 15 is 0 Å². The molecule has 2 nitrogen and oxygen atoms in total. The van der Waals surface area contributed by atoms with Crippen molar-refractivity contribution < 1.29 is 9.53 Å². The van der Waals surface area contributed by atoms with Crippen LogP contribution < -0.4 is 0 Å². The topological polar surface area (TPSA) is 29.5 Å². The van der Waals surface area contributed by atoms with E-state index in [4.69, 9.17) is 4.43 Å². The molecule has 0 saturated heterocycles. The monoisotopic (exact) mass is 392 g/mol. The Kier molecular flexibility index (Phi) is 7.60. The van der Waals surface area contributed by atoms with Gasteiger partial charge in [0, 0.05) is 5.92 Å². The maximum atomic E-state index is 10.3. The lowest BCUT2D eigenvalue weighted by molar-refractivity contribution is -0.0119. The van der Waals surface area contributed by atoms with Gasteiger partial charge < -0.3 is 9.53 Å². The summed E-state index contributed by atoms with van der Waals surface area (Å²) in [5, 5.41) is 10.6. The van der Waals surface area contributed by atoms with E-state index in [2.05, 4.69) is 53.4 Å². The first kappa shape index (κ1) is 22.9. The van der Waals surface area contributed by atoms with Crippen molar-refractivity contribution in [3.63, 3.8) is 0 Å². The van der Waals surface area contributed by atoms with E-state index < -0.39 is 8.32 Å². The molecule has 0 heterocycles. The van der Waals surface area contributed by atoms with Crippen molar-refractivity contribution in [3.05, 3.63) is 24.3 Å². The fourth-order valence-corrected chi connectivity index (χ4v) is 6.53. The van der Waals surface area contributed by atoms with E-state index in [9.17, 15) is 5.11 Å². The van der Waals surface area contributed by atoms with E-state index in [-0.39, 0.29) is 22.7 Å². The van der Waals surface area contributed by atoms with Gasteiger partial charge in [-0.25, -0.2) is 0 Å². The third-order valence-corrected chi connectivity index (χ3v) is 12.2. The highest BCUT2D eigenvalue weighted by atomic mass is 28.4. The zero-order valence-corrected chi connectivity index (χ0v) is 19.8. The molecule has 0 aromatic carbocycles. The average Bonchev–Trinajstić information content (AvgIpc) is 2.93. The molecule has 1 N–H and O–H groups in total. The molecular weight excluding hydrogens is 348 g/mol. The summed E-state index contributed by atoms with van der Waals surface area (Å²) in [6.07, 6.45) is 14.5. The zero-order chi connectivity index (χ0) is 20.3. The fourth-order valence-electron chi connectivity index (χ4n) is 4.79. The van der Waals surface area contributed by atoms with Crippen LogP contribution in [0, 0.1) is 11.8 Å². The average molecular weight is 393 g/mol. The van der Waals surface area contributed by atoms with Crippen molar-refractivity contribution in [2.75, 3.05) is 0 Å². The molecule has 2 rings (SSSR count). The highest BCUT2D eigenvalue weighted by molar-refractivity contribution is 6.74. The summed E-state index contributed by atoms with van der Waals surface area (Å²) in [6.45, 7) is 18.1. The number of allylic oxidation sites excluding steroid dienone is 1. The Morgan fingerprint density at radius 2 is 1.81 bits per heavy atom. The largest absolute Gasteiger partial charge is 0.411 e. The van der Waals surface area contributed by atoms with Crippen molar-refractivity contribution in [3.8, 4) is 0 Å². The maximum absolute atomic E-state index is 10.3. The third-order valence-electron chi connectivity index (χ3n) is 7.66. The number of hydrogen-bond donors (Lipinski definition) is 1. The molecule has 0 aliphatic heterocycles. The molecule has 2 aliphatic rings. The predicted octanol–water partition coefficient (Wildman–Crippen LogP) is 7.01. The Hall–Kier alpha value is -0.383. The van der Waals surface area contributed by atoms with Crippen LogP contribution in [0.1, 0.15) is 85.5 Å². The standard InChI is InChI=1S/C24H44O2Si/c1-8-12-21-19(15-16-22(21)25)17-18-24(5,20-13-10-9-11-14-20)26-27(6,7)23(2,3)4/h8,15,20-22,25H,1,9-14,16-18H2,2-7H3/t21-,22+,24+/m1/s1. The minimum atomic E-state index is -1.83. The molecule has 0 radical (unpaired) electrons. The molecule has 2 aliphatic carbocycles. The van der Waals surface area contributed by atoms with Gasteiger partial charge >= 0.3 is 0 Å². The Morgan fingerprint density at radius 1 is 1.19 bits per heavy atom. The van der Waals surface area contributed by atoms with Crippen molar-refractivity contribution in [2.24, 2.45) is 11.8 Å². The maximum Gasteiger partial charge on any atom is 0.192 e. The van der Waals surface area contributed by atoms with Gasteiger partial charge in [-0.1, -0.05) is 57.8 Å². The number of rotatable bonds is 8. The van der Waals surface area contributed by atoms with E-state index in [1.807, 2.05) is 6.08 Å². The third kappa shape index (κ3) is 5.58. The van der Waals surface area contributed by atoms with Gasteiger partial charge in [0.1, 0.15) is 0 Å². The first-order chi connectivity index (χ1) is 12.5. The molecule has 0 unspecified atom stereocenters. The first-order valence-electron chi connectivity index (χ1n) is 11.2. The predicted molar refractivity (Wildman–Crippen MR) is 120 cm³/mol. The minimum absolute atomic E-state index is 0.0451. The number of aliphatic hydroxyl groups is 1. The Labute approximate surface area is 169 Å². The van der Waals surface area contributed by atoms with Crippen LogP contribution in [0.3, 0.4) is 0 Å². The summed E-state index contributed by atoms with van der Waals surface area (Å²) in [5.74, 6) is 0.941. The minimum Gasteiger partial charge on any atom is -0.411 e. The van der Waals surface area contributed by atoms with Crippen LogP contribution in [0.4, 0.5) is 0 Å². The second-order valence-corrected chi connectivity index (χ2v) is 15.4. The van der Waals surface area contributed by atoms with Crippen LogP contribution in [0.5, 0.6) is 0 Å². The second kappa shape index (κ2) is 8.96. The van der Waals surface area contributed by atoms with Crippen molar-refractivity contribution in [1.29, 1.82) is 0 Å². The Balaban J connectivity index is 2.16. The quantitative estimate of drug-likeness (QED) is 0.355. The molecule has 0 bridgehead atoms. The van der Waals surface area contributed by atoms with Crippen LogP contribution >= 0.6 is 0 Å². The lowest BCUT2D eigenvalue weighted by Crippen LogP contribution is -2.52. The summed E-state index contributed by atoms with van der Waals surface area (Å²) in [7, 11) is -1.83. The zero-order valence-electron chi connectivity index (χ0n) is 18.8. The molecule has 0 spiro atoms. The highest BCUT2D eigenvalue weighted by Gasteiger charge is 2.46. The highest BCUT2D eigenvalue weighted by Crippen LogP contribution is 2.46. The van der Waals surface area contributed by atoms with Gasteiger partial charge in [0.05, 0.1) is 11.7 Å². The summed E-state index contributed by atoms with van der Waals surface area (Å²) in [6, 6.07) is 0. The molecule has 0 aromatic rings. The SMILES string of the molecule is C=CC[C@@H]1C(CC[C@](C)(O[Si](C)(C)C(C)(C)C)C2CCCCC2)=CC[C@@H]1O. The molecule has 156 valence electrons. The van der Waals surface area contributed by atoms with Gasteiger partial charge in [-0.05, 0) is 69.5 Å². The van der Waals surface area contributed by atoms with Crippen LogP contribution in [-0.4, -0.2) is 25.1 Å². The lowest BCUT2D eigenvalue weighted by Gasteiger charge is -2.49. The van der Waals surface area contributed by atoms with E-state index in [1.54, 1.807) is 0 Å². The lowest BCUT2D eigenvalue weighted by atomic mass is 9.75.